The smallest absolute Gasteiger partial charge is 0.107 e. The predicted molar refractivity (Wildman–Crippen MR) is 48.2 cm³/mol. The van der Waals surface area contributed by atoms with E-state index in [-0.39, 0.29) is 6.10 Å². The van der Waals surface area contributed by atoms with E-state index in [0.717, 1.165) is 25.0 Å². The summed E-state index contributed by atoms with van der Waals surface area (Å²) in [5.74, 6) is 0. The molecule has 13 heavy (non-hydrogen) atoms. The standard InChI is InChI=1S/C10H13NO2/c12-10(9-4-2-6-13-9)8-3-1-5-11-7-8/h1,3,5,7,9-10,12H,2,4,6H2/t9-,10+/m0/s1. The highest BCUT2D eigenvalue weighted by atomic mass is 16.5. The van der Waals surface area contributed by atoms with Crippen LogP contribution in [0.25, 0.3) is 0 Å². The van der Waals surface area contributed by atoms with Crippen LogP contribution in [0.3, 0.4) is 0 Å². The number of aliphatic hydroxyl groups excluding tert-OH is 1. The monoisotopic (exact) mass is 179 g/mol. The maximum absolute atomic E-state index is 9.86. The zero-order valence-electron chi connectivity index (χ0n) is 7.39. The average molecular weight is 179 g/mol. The molecular formula is C10H13NO2. The Hall–Kier alpha value is -0.930. The molecule has 0 unspecified atom stereocenters. The van der Waals surface area contributed by atoms with Gasteiger partial charge in [-0.2, -0.15) is 0 Å². The van der Waals surface area contributed by atoms with Gasteiger partial charge in [0.25, 0.3) is 0 Å². The first-order valence-electron chi connectivity index (χ1n) is 4.57. The number of hydrogen-bond donors (Lipinski definition) is 1. The Morgan fingerprint density at radius 3 is 3.15 bits per heavy atom. The SMILES string of the molecule is O[C@H](c1cccnc1)[C@@H]1CCCO1. The Morgan fingerprint density at radius 1 is 1.62 bits per heavy atom. The van der Waals surface area contributed by atoms with Gasteiger partial charge in [-0.15, -0.1) is 0 Å². The van der Waals surface area contributed by atoms with Gasteiger partial charge in [0.05, 0.1) is 6.10 Å². The maximum Gasteiger partial charge on any atom is 0.107 e. The van der Waals surface area contributed by atoms with E-state index in [0.29, 0.717) is 0 Å². The number of nitrogens with zero attached hydrogens (tertiary/aromatic N) is 1. The molecule has 70 valence electrons. The normalized spacial score (nSPS) is 24.5. The highest BCUT2D eigenvalue weighted by Crippen LogP contribution is 2.25. The van der Waals surface area contributed by atoms with E-state index in [2.05, 4.69) is 4.98 Å². The Morgan fingerprint density at radius 2 is 2.54 bits per heavy atom. The molecule has 1 N–H and O–H groups in total. The third kappa shape index (κ3) is 1.87. The zero-order valence-corrected chi connectivity index (χ0v) is 7.39. The minimum absolute atomic E-state index is 0.0378. The summed E-state index contributed by atoms with van der Waals surface area (Å²) >= 11 is 0. The van der Waals surface area contributed by atoms with Crippen LogP contribution in [-0.2, 0) is 4.74 Å². The van der Waals surface area contributed by atoms with E-state index in [1.54, 1.807) is 12.4 Å². The second-order valence-corrected chi connectivity index (χ2v) is 3.28. The summed E-state index contributed by atoms with van der Waals surface area (Å²) in [6.07, 6.45) is 4.82. The number of rotatable bonds is 2. The van der Waals surface area contributed by atoms with E-state index >= 15 is 0 Å². The van der Waals surface area contributed by atoms with Gasteiger partial charge in [0.1, 0.15) is 6.10 Å². The lowest BCUT2D eigenvalue weighted by molar-refractivity contribution is -0.00274. The summed E-state index contributed by atoms with van der Waals surface area (Å²) in [5, 5.41) is 9.86. The van der Waals surface area contributed by atoms with Crippen LogP contribution in [0, 0.1) is 0 Å². The second-order valence-electron chi connectivity index (χ2n) is 3.28. The summed E-state index contributed by atoms with van der Waals surface area (Å²) in [6.45, 7) is 0.766. The molecule has 1 fully saturated rings. The van der Waals surface area contributed by atoms with Crippen molar-refractivity contribution < 1.29 is 9.84 Å². The van der Waals surface area contributed by atoms with Crippen LogP contribution in [0.1, 0.15) is 24.5 Å². The number of hydrogen-bond acceptors (Lipinski definition) is 3. The van der Waals surface area contributed by atoms with Gasteiger partial charge in [0.15, 0.2) is 0 Å². The quantitative estimate of drug-likeness (QED) is 0.744. The van der Waals surface area contributed by atoms with Crippen LogP contribution in [0.5, 0.6) is 0 Å². The lowest BCUT2D eigenvalue weighted by atomic mass is 10.0. The minimum atomic E-state index is -0.517. The Labute approximate surface area is 77.4 Å². The molecule has 0 aromatic carbocycles. The molecule has 1 aliphatic heterocycles. The molecule has 2 heterocycles. The number of pyridine rings is 1. The summed E-state index contributed by atoms with van der Waals surface area (Å²) in [4.78, 5) is 3.96. The first-order valence-corrected chi connectivity index (χ1v) is 4.57. The van der Waals surface area contributed by atoms with Crippen LogP contribution < -0.4 is 0 Å². The summed E-state index contributed by atoms with van der Waals surface area (Å²) < 4.78 is 5.39. The van der Waals surface area contributed by atoms with Gasteiger partial charge >= 0.3 is 0 Å². The second kappa shape index (κ2) is 3.85. The lowest BCUT2D eigenvalue weighted by Gasteiger charge is -2.16. The van der Waals surface area contributed by atoms with Gasteiger partial charge in [-0.1, -0.05) is 6.07 Å². The molecule has 1 aromatic heterocycles. The average Bonchev–Trinajstić information content (AvgIpc) is 2.71. The summed E-state index contributed by atoms with van der Waals surface area (Å²) in [7, 11) is 0. The molecule has 3 heteroatoms. The molecule has 2 rings (SSSR count). The fourth-order valence-electron chi connectivity index (χ4n) is 1.62. The van der Waals surface area contributed by atoms with Gasteiger partial charge in [-0.25, -0.2) is 0 Å². The van der Waals surface area contributed by atoms with Crippen molar-refractivity contribution >= 4 is 0 Å². The first kappa shape index (κ1) is 8.66. The van der Waals surface area contributed by atoms with Crippen LogP contribution in [0.4, 0.5) is 0 Å². The van der Waals surface area contributed by atoms with Crippen LogP contribution in [-0.4, -0.2) is 22.8 Å². The van der Waals surface area contributed by atoms with E-state index in [9.17, 15) is 5.11 Å². The third-order valence-corrected chi connectivity index (χ3v) is 2.34. The van der Waals surface area contributed by atoms with Gasteiger partial charge in [-0.3, -0.25) is 4.98 Å². The van der Waals surface area contributed by atoms with Crippen molar-refractivity contribution in [3.8, 4) is 0 Å². The van der Waals surface area contributed by atoms with Crippen molar-refractivity contribution in [2.75, 3.05) is 6.61 Å². The van der Waals surface area contributed by atoms with Gasteiger partial charge in [0.2, 0.25) is 0 Å². The van der Waals surface area contributed by atoms with Crippen molar-refractivity contribution in [1.29, 1.82) is 0 Å². The Balaban J connectivity index is 2.08. The number of aliphatic hydroxyl groups is 1. The maximum atomic E-state index is 9.86. The molecule has 0 bridgehead atoms. The molecule has 3 nitrogen and oxygen atoms in total. The minimum Gasteiger partial charge on any atom is -0.386 e. The van der Waals surface area contributed by atoms with E-state index < -0.39 is 6.10 Å². The molecule has 1 aliphatic rings. The molecule has 1 aromatic rings. The molecule has 0 spiro atoms. The van der Waals surface area contributed by atoms with Crippen molar-refractivity contribution in [2.45, 2.75) is 25.0 Å². The van der Waals surface area contributed by atoms with Gasteiger partial charge in [0, 0.05) is 24.6 Å². The fraction of sp³-hybridized carbons (Fsp3) is 0.500. The molecule has 0 radical (unpaired) electrons. The van der Waals surface area contributed by atoms with Crippen LogP contribution in [0.15, 0.2) is 24.5 Å². The molecular weight excluding hydrogens is 166 g/mol. The zero-order chi connectivity index (χ0) is 9.10. The van der Waals surface area contributed by atoms with Gasteiger partial charge in [-0.05, 0) is 18.9 Å². The lowest BCUT2D eigenvalue weighted by Crippen LogP contribution is -2.17. The first-order chi connectivity index (χ1) is 6.38. The summed E-state index contributed by atoms with van der Waals surface area (Å²) in [6, 6.07) is 3.70. The van der Waals surface area contributed by atoms with E-state index in [1.165, 1.54) is 0 Å². The van der Waals surface area contributed by atoms with E-state index in [4.69, 9.17) is 4.74 Å². The van der Waals surface area contributed by atoms with E-state index in [1.807, 2.05) is 12.1 Å². The molecule has 0 aliphatic carbocycles. The van der Waals surface area contributed by atoms with Crippen LogP contribution >= 0.6 is 0 Å². The number of ether oxygens (including phenoxy) is 1. The molecule has 2 atom stereocenters. The highest BCUT2D eigenvalue weighted by molar-refractivity contribution is 5.13. The van der Waals surface area contributed by atoms with Crippen molar-refractivity contribution in [3.63, 3.8) is 0 Å². The highest BCUT2D eigenvalue weighted by Gasteiger charge is 2.25. The largest absolute Gasteiger partial charge is 0.386 e. The molecule has 0 saturated carbocycles. The predicted octanol–water partition coefficient (Wildman–Crippen LogP) is 1.29. The number of aromatic nitrogens is 1. The fourth-order valence-corrected chi connectivity index (χ4v) is 1.62. The van der Waals surface area contributed by atoms with Crippen molar-refractivity contribution in [2.24, 2.45) is 0 Å². The van der Waals surface area contributed by atoms with Crippen molar-refractivity contribution in [1.82, 2.24) is 4.98 Å². The van der Waals surface area contributed by atoms with Crippen molar-refractivity contribution in [3.05, 3.63) is 30.1 Å². The summed E-state index contributed by atoms with van der Waals surface area (Å²) in [5.41, 5.74) is 0.842. The Bertz CT molecular complexity index is 257. The molecule has 1 saturated heterocycles. The molecule has 0 amide bonds. The topological polar surface area (TPSA) is 42.4 Å². The van der Waals surface area contributed by atoms with Gasteiger partial charge < -0.3 is 9.84 Å². The van der Waals surface area contributed by atoms with Crippen LogP contribution in [0.2, 0.25) is 0 Å². The Kier molecular flexibility index (Phi) is 2.57. The third-order valence-electron chi connectivity index (χ3n) is 2.34.